The molecule has 0 saturated heterocycles. The van der Waals surface area contributed by atoms with Crippen molar-refractivity contribution in [3.05, 3.63) is 58.0 Å². The minimum Gasteiger partial charge on any atom is -0.491 e. The van der Waals surface area contributed by atoms with Crippen LogP contribution in [0.2, 0.25) is 0 Å². The molecular weight excluding hydrogens is 450 g/mol. The van der Waals surface area contributed by atoms with Crippen molar-refractivity contribution >= 4 is 27.7 Å². The van der Waals surface area contributed by atoms with Gasteiger partial charge in [0.15, 0.2) is 11.4 Å². The summed E-state index contributed by atoms with van der Waals surface area (Å²) in [5.74, 6) is -1.76. The lowest BCUT2D eigenvalue weighted by Gasteiger charge is -2.08. The van der Waals surface area contributed by atoms with Crippen LogP contribution >= 0.6 is 15.9 Å². The van der Waals surface area contributed by atoms with Gasteiger partial charge in [0.1, 0.15) is 23.8 Å². The van der Waals surface area contributed by atoms with Crippen LogP contribution in [-0.4, -0.2) is 39.2 Å². The second kappa shape index (κ2) is 8.99. The Morgan fingerprint density at radius 1 is 1.24 bits per heavy atom. The molecule has 0 aliphatic heterocycles. The maximum atomic E-state index is 13.9. The van der Waals surface area contributed by atoms with E-state index in [-0.39, 0.29) is 30.0 Å². The predicted molar refractivity (Wildman–Crippen MR) is 106 cm³/mol. The number of hydrogen-bond donors (Lipinski definition) is 3. The van der Waals surface area contributed by atoms with E-state index in [2.05, 4.69) is 36.2 Å². The Morgan fingerprint density at radius 2 is 1.97 bits per heavy atom. The Hall–Kier alpha value is -3.01. The van der Waals surface area contributed by atoms with Gasteiger partial charge in [-0.05, 0) is 25.5 Å². The number of carbonyl (C=O) groups is 1. The summed E-state index contributed by atoms with van der Waals surface area (Å²) in [6.07, 6.45) is 1.42. The Kier molecular flexibility index (Phi) is 6.42. The molecule has 0 radical (unpaired) electrons. The van der Waals surface area contributed by atoms with E-state index in [1.165, 1.54) is 18.5 Å². The lowest BCUT2D eigenvalue weighted by molar-refractivity contribution is 0.0687. The molecule has 152 valence electrons. The fraction of sp³-hybridized carbons (Fsp3) is 0.211. The summed E-state index contributed by atoms with van der Waals surface area (Å²) in [5.41, 5.74) is 0.793. The Balaban J connectivity index is 1.74. The zero-order valence-electron chi connectivity index (χ0n) is 15.3. The lowest BCUT2D eigenvalue weighted by atomic mass is 10.1. The molecule has 2 aromatic heterocycles. The van der Waals surface area contributed by atoms with Gasteiger partial charge in [0, 0.05) is 28.7 Å². The van der Waals surface area contributed by atoms with Crippen molar-refractivity contribution in [3.63, 3.8) is 0 Å². The standard InChI is InChI=1S/C19H17BrF2N4O3/c1-2-29-16-7-15(26-18(16)19(27)28)14-8-17(25-9-24-14)23-4-3-11-12(21)5-10(20)6-13(11)22/h5-9,26H,2-4H2,1H3,(H,27,28)(H,23,24,25). The molecule has 3 aromatic rings. The van der Waals surface area contributed by atoms with Gasteiger partial charge in [-0.1, -0.05) is 15.9 Å². The van der Waals surface area contributed by atoms with E-state index in [9.17, 15) is 18.7 Å². The van der Waals surface area contributed by atoms with E-state index >= 15 is 0 Å². The molecule has 0 unspecified atom stereocenters. The topological polar surface area (TPSA) is 100 Å². The van der Waals surface area contributed by atoms with E-state index in [1.54, 1.807) is 19.1 Å². The zero-order chi connectivity index (χ0) is 21.0. The molecule has 0 aliphatic carbocycles. The van der Waals surface area contributed by atoms with Gasteiger partial charge >= 0.3 is 5.97 Å². The van der Waals surface area contributed by atoms with Crippen LogP contribution in [0.25, 0.3) is 11.4 Å². The number of ether oxygens (including phenoxy) is 1. The third-order valence-corrected chi connectivity index (χ3v) is 4.48. The molecule has 0 bridgehead atoms. The molecule has 0 aliphatic rings. The smallest absolute Gasteiger partial charge is 0.356 e. The first-order valence-corrected chi connectivity index (χ1v) is 9.47. The van der Waals surface area contributed by atoms with E-state index in [1.807, 2.05) is 0 Å². The number of aromatic nitrogens is 3. The van der Waals surface area contributed by atoms with Crippen molar-refractivity contribution < 1.29 is 23.4 Å². The third kappa shape index (κ3) is 4.89. The van der Waals surface area contributed by atoms with Crippen LogP contribution in [0.1, 0.15) is 23.0 Å². The summed E-state index contributed by atoms with van der Waals surface area (Å²) < 4.78 is 33.5. The van der Waals surface area contributed by atoms with Gasteiger partial charge < -0.3 is 20.1 Å². The van der Waals surface area contributed by atoms with Crippen molar-refractivity contribution in [1.29, 1.82) is 0 Å². The molecule has 3 N–H and O–H groups in total. The Bertz CT molecular complexity index is 1020. The second-order valence-electron chi connectivity index (χ2n) is 5.97. The van der Waals surface area contributed by atoms with Crippen LogP contribution in [0, 0.1) is 11.6 Å². The van der Waals surface area contributed by atoms with Crippen molar-refractivity contribution in [2.24, 2.45) is 0 Å². The number of carboxylic acids is 1. The predicted octanol–water partition coefficient (Wildman–Crippen LogP) is 4.26. The summed E-state index contributed by atoms with van der Waals surface area (Å²) >= 11 is 3.05. The number of rotatable bonds is 8. The van der Waals surface area contributed by atoms with Crippen LogP contribution in [-0.2, 0) is 6.42 Å². The average molecular weight is 467 g/mol. The van der Waals surface area contributed by atoms with Crippen molar-refractivity contribution in [2.45, 2.75) is 13.3 Å². The van der Waals surface area contributed by atoms with Gasteiger partial charge in [-0.2, -0.15) is 0 Å². The molecule has 3 rings (SSSR count). The van der Waals surface area contributed by atoms with E-state index in [0.717, 1.165) is 0 Å². The first kappa shape index (κ1) is 20.7. The van der Waals surface area contributed by atoms with E-state index in [4.69, 9.17) is 4.74 Å². The van der Waals surface area contributed by atoms with Gasteiger partial charge in [-0.3, -0.25) is 0 Å². The fourth-order valence-corrected chi connectivity index (χ4v) is 3.13. The molecule has 0 saturated carbocycles. The monoisotopic (exact) mass is 466 g/mol. The van der Waals surface area contributed by atoms with Gasteiger partial charge in [0.25, 0.3) is 0 Å². The Morgan fingerprint density at radius 3 is 2.62 bits per heavy atom. The van der Waals surface area contributed by atoms with Gasteiger partial charge in [-0.15, -0.1) is 0 Å². The van der Waals surface area contributed by atoms with Gasteiger partial charge in [0.2, 0.25) is 0 Å². The number of nitrogens with one attached hydrogen (secondary N) is 2. The second-order valence-corrected chi connectivity index (χ2v) is 6.89. The quantitative estimate of drug-likeness (QED) is 0.458. The molecule has 1 aromatic carbocycles. The highest BCUT2D eigenvalue weighted by atomic mass is 79.9. The van der Waals surface area contributed by atoms with E-state index in [0.29, 0.717) is 28.3 Å². The highest BCUT2D eigenvalue weighted by Crippen LogP contribution is 2.27. The van der Waals surface area contributed by atoms with Crippen LogP contribution in [0.15, 0.2) is 35.1 Å². The van der Waals surface area contributed by atoms with Crippen LogP contribution < -0.4 is 10.1 Å². The first-order valence-electron chi connectivity index (χ1n) is 8.67. The summed E-state index contributed by atoms with van der Waals surface area (Å²) in [6, 6.07) is 5.57. The third-order valence-electron chi connectivity index (χ3n) is 4.03. The SMILES string of the molecule is CCOc1cc(-c2cc(NCCc3c(F)cc(Br)cc3F)ncn2)[nH]c1C(=O)O. The molecular formula is C19H17BrF2N4O3. The molecule has 0 fully saturated rings. The minimum atomic E-state index is -1.15. The first-order chi connectivity index (χ1) is 13.9. The molecule has 29 heavy (non-hydrogen) atoms. The molecule has 0 amide bonds. The maximum absolute atomic E-state index is 13.9. The van der Waals surface area contributed by atoms with Crippen molar-refractivity contribution in [3.8, 4) is 17.1 Å². The van der Waals surface area contributed by atoms with Crippen LogP contribution in [0.4, 0.5) is 14.6 Å². The number of aromatic amines is 1. The molecule has 7 nitrogen and oxygen atoms in total. The van der Waals surface area contributed by atoms with Crippen molar-refractivity contribution in [1.82, 2.24) is 15.0 Å². The summed E-state index contributed by atoms with van der Waals surface area (Å²) in [7, 11) is 0. The van der Waals surface area contributed by atoms with Gasteiger partial charge in [0.05, 0.1) is 18.0 Å². The lowest BCUT2D eigenvalue weighted by Crippen LogP contribution is -2.09. The summed E-state index contributed by atoms with van der Waals surface area (Å²) in [6.45, 7) is 2.31. The highest BCUT2D eigenvalue weighted by molar-refractivity contribution is 9.10. The number of benzene rings is 1. The van der Waals surface area contributed by atoms with Crippen LogP contribution in [0.3, 0.4) is 0 Å². The number of anilines is 1. The summed E-state index contributed by atoms with van der Waals surface area (Å²) in [5, 5.41) is 12.3. The minimum absolute atomic E-state index is 0.0215. The maximum Gasteiger partial charge on any atom is 0.356 e. The van der Waals surface area contributed by atoms with Gasteiger partial charge in [-0.25, -0.2) is 23.5 Å². The Labute approximate surface area is 173 Å². The molecule has 0 spiro atoms. The highest BCUT2D eigenvalue weighted by Gasteiger charge is 2.17. The fourth-order valence-electron chi connectivity index (χ4n) is 2.73. The number of hydrogen-bond acceptors (Lipinski definition) is 5. The van der Waals surface area contributed by atoms with E-state index < -0.39 is 17.6 Å². The zero-order valence-corrected chi connectivity index (χ0v) is 16.9. The number of H-pyrrole nitrogens is 1. The average Bonchev–Trinajstić information content (AvgIpc) is 3.09. The molecule has 10 heteroatoms. The summed E-state index contributed by atoms with van der Waals surface area (Å²) in [4.78, 5) is 22.3. The number of aromatic carboxylic acids is 1. The molecule has 2 heterocycles. The van der Waals surface area contributed by atoms with Crippen molar-refractivity contribution in [2.75, 3.05) is 18.5 Å². The number of carboxylic acid groups (broad SMARTS) is 1. The molecule has 0 atom stereocenters. The largest absolute Gasteiger partial charge is 0.491 e. The normalized spacial score (nSPS) is 10.8. The number of halogens is 3. The van der Waals surface area contributed by atoms with Crippen LogP contribution in [0.5, 0.6) is 5.75 Å². The number of nitrogens with zero attached hydrogens (tertiary/aromatic N) is 2.